The van der Waals surface area contributed by atoms with E-state index in [1.54, 1.807) is 0 Å². The van der Waals surface area contributed by atoms with Gasteiger partial charge in [-0.25, -0.2) is 4.79 Å². The molecule has 2 unspecified atom stereocenters. The molecule has 2 N–H and O–H groups in total. The lowest BCUT2D eigenvalue weighted by molar-refractivity contribution is -0.230. The van der Waals surface area contributed by atoms with Crippen LogP contribution in [0, 0.1) is 5.92 Å². The standard InChI is InChI=1S/C10H17F2NO3/c1-3-16-8(14)10(11,12)9(15)4-5-13-6-7(9)2/h7,13,15H,3-6H2,1-2H3. The van der Waals surface area contributed by atoms with Crippen molar-refractivity contribution in [3.63, 3.8) is 0 Å². The van der Waals surface area contributed by atoms with E-state index in [-0.39, 0.29) is 26.1 Å². The summed E-state index contributed by atoms with van der Waals surface area (Å²) in [5.41, 5.74) is -2.31. The summed E-state index contributed by atoms with van der Waals surface area (Å²) in [6.07, 6.45) is -0.167. The molecule has 94 valence electrons. The highest BCUT2D eigenvalue weighted by Gasteiger charge is 2.62. The van der Waals surface area contributed by atoms with Crippen molar-refractivity contribution in [3.05, 3.63) is 0 Å². The fraction of sp³-hybridized carbons (Fsp3) is 0.900. The van der Waals surface area contributed by atoms with Gasteiger partial charge in [0.1, 0.15) is 5.60 Å². The molecule has 6 heteroatoms. The van der Waals surface area contributed by atoms with Crippen LogP contribution in [-0.2, 0) is 9.53 Å². The van der Waals surface area contributed by atoms with E-state index in [4.69, 9.17) is 0 Å². The Morgan fingerprint density at radius 2 is 2.31 bits per heavy atom. The van der Waals surface area contributed by atoms with E-state index in [0.717, 1.165) is 0 Å². The Hall–Kier alpha value is -0.750. The van der Waals surface area contributed by atoms with E-state index in [1.807, 2.05) is 0 Å². The largest absolute Gasteiger partial charge is 0.461 e. The molecule has 0 radical (unpaired) electrons. The van der Waals surface area contributed by atoms with E-state index in [2.05, 4.69) is 10.1 Å². The smallest absolute Gasteiger partial charge is 0.380 e. The number of alkyl halides is 2. The van der Waals surface area contributed by atoms with Crippen LogP contribution >= 0.6 is 0 Å². The summed E-state index contributed by atoms with van der Waals surface area (Å²) >= 11 is 0. The van der Waals surface area contributed by atoms with Crippen molar-refractivity contribution >= 4 is 5.97 Å². The zero-order chi connectivity index (χ0) is 12.4. The predicted molar refractivity (Wildman–Crippen MR) is 53.2 cm³/mol. The predicted octanol–water partition coefficient (Wildman–Crippen LogP) is 0.545. The molecule has 0 aliphatic carbocycles. The van der Waals surface area contributed by atoms with Crippen molar-refractivity contribution in [1.82, 2.24) is 5.32 Å². The maximum absolute atomic E-state index is 13.8. The fourth-order valence-corrected chi connectivity index (χ4v) is 1.88. The van der Waals surface area contributed by atoms with Gasteiger partial charge in [0, 0.05) is 12.5 Å². The van der Waals surface area contributed by atoms with Gasteiger partial charge in [0.25, 0.3) is 0 Å². The molecule has 1 fully saturated rings. The Morgan fingerprint density at radius 1 is 1.69 bits per heavy atom. The van der Waals surface area contributed by atoms with Crippen LogP contribution in [0.5, 0.6) is 0 Å². The second-order valence-corrected chi connectivity index (χ2v) is 4.07. The minimum Gasteiger partial charge on any atom is -0.461 e. The number of aliphatic hydroxyl groups is 1. The van der Waals surface area contributed by atoms with Gasteiger partial charge in [-0.15, -0.1) is 0 Å². The third-order valence-corrected chi connectivity index (χ3v) is 3.02. The van der Waals surface area contributed by atoms with Crippen LogP contribution in [0.2, 0.25) is 0 Å². The monoisotopic (exact) mass is 237 g/mol. The Morgan fingerprint density at radius 3 is 2.81 bits per heavy atom. The number of rotatable bonds is 3. The Balaban J connectivity index is 2.90. The first-order chi connectivity index (χ1) is 7.36. The quantitative estimate of drug-likeness (QED) is 0.704. The maximum atomic E-state index is 13.8. The van der Waals surface area contributed by atoms with Gasteiger partial charge >= 0.3 is 11.9 Å². The number of esters is 1. The lowest BCUT2D eigenvalue weighted by atomic mass is 9.78. The van der Waals surface area contributed by atoms with Crippen molar-refractivity contribution in [2.45, 2.75) is 31.8 Å². The molecule has 0 aromatic carbocycles. The minimum atomic E-state index is -3.86. The van der Waals surface area contributed by atoms with Crippen LogP contribution in [0.3, 0.4) is 0 Å². The molecule has 4 nitrogen and oxygen atoms in total. The highest BCUT2D eigenvalue weighted by atomic mass is 19.3. The second kappa shape index (κ2) is 4.63. The average molecular weight is 237 g/mol. The average Bonchev–Trinajstić information content (AvgIpc) is 2.22. The summed E-state index contributed by atoms with van der Waals surface area (Å²) in [6.45, 7) is 3.32. The molecule has 0 aromatic rings. The third kappa shape index (κ3) is 2.04. The van der Waals surface area contributed by atoms with Crippen LogP contribution in [-0.4, -0.2) is 42.3 Å². The number of piperidine rings is 1. The first kappa shape index (κ1) is 13.3. The molecule has 1 heterocycles. The van der Waals surface area contributed by atoms with Crippen LogP contribution < -0.4 is 5.32 Å². The van der Waals surface area contributed by atoms with Crippen molar-refractivity contribution in [1.29, 1.82) is 0 Å². The van der Waals surface area contributed by atoms with E-state index < -0.39 is 23.4 Å². The molecule has 0 bridgehead atoms. The van der Waals surface area contributed by atoms with E-state index in [0.29, 0.717) is 0 Å². The molecule has 0 amide bonds. The van der Waals surface area contributed by atoms with Gasteiger partial charge in [-0.3, -0.25) is 0 Å². The van der Waals surface area contributed by atoms with Gasteiger partial charge in [0.2, 0.25) is 0 Å². The first-order valence-electron chi connectivity index (χ1n) is 5.34. The number of hydrogen-bond donors (Lipinski definition) is 2. The highest BCUT2D eigenvalue weighted by molar-refractivity contribution is 5.79. The highest BCUT2D eigenvalue weighted by Crippen LogP contribution is 2.39. The van der Waals surface area contributed by atoms with Crippen molar-refractivity contribution in [3.8, 4) is 0 Å². The molecular weight excluding hydrogens is 220 g/mol. The van der Waals surface area contributed by atoms with Crippen molar-refractivity contribution in [2.75, 3.05) is 19.7 Å². The third-order valence-electron chi connectivity index (χ3n) is 3.02. The summed E-state index contributed by atoms with van der Waals surface area (Å²) in [4.78, 5) is 11.2. The molecule has 1 rings (SSSR count). The van der Waals surface area contributed by atoms with Gasteiger partial charge in [-0.1, -0.05) is 6.92 Å². The van der Waals surface area contributed by atoms with Crippen LogP contribution in [0.25, 0.3) is 0 Å². The summed E-state index contributed by atoms with van der Waals surface area (Å²) in [5, 5.41) is 12.9. The van der Waals surface area contributed by atoms with Gasteiger partial charge < -0.3 is 15.2 Å². The molecular formula is C10H17F2NO3. The zero-order valence-electron chi connectivity index (χ0n) is 9.43. The number of carbonyl (C=O) groups is 1. The van der Waals surface area contributed by atoms with E-state index >= 15 is 0 Å². The number of hydrogen-bond acceptors (Lipinski definition) is 4. The van der Waals surface area contributed by atoms with Gasteiger partial charge in [0.15, 0.2) is 0 Å². The summed E-state index contributed by atoms with van der Waals surface area (Å²) in [5.74, 6) is -6.21. The normalized spacial score (nSPS) is 31.2. The lowest BCUT2D eigenvalue weighted by Gasteiger charge is -2.42. The van der Waals surface area contributed by atoms with Crippen molar-refractivity contribution in [2.24, 2.45) is 5.92 Å². The molecule has 0 aromatic heterocycles. The van der Waals surface area contributed by atoms with Gasteiger partial charge in [0.05, 0.1) is 6.61 Å². The number of nitrogens with one attached hydrogen (secondary N) is 1. The molecule has 1 aliphatic rings. The second-order valence-electron chi connectivity index (χ2n) is 4.07. The van der Waals surface area contributed by atoms with Crippen LogP contribution in [0.4, 0.5) is 8.78 Å². The summed E-state index contributed by atoms with van der Waals surface area (Å²) in [7, 11) is 0. The van der Waals surface area contributed by atoms with Gasteiger partial charge in [-0.2, -0.15) is 8.78 Å². The fourth-order valence-electron chi connectivity index (χ4n) is 1.88. The molecule has 2 atom stereocenters. The van der Waals surface area contributed by atoms with E-state index in [1.165, 1.54) is 13.8 Å². The number of carbonyl (C=O) groups excluding carboxylic acids is 1. The lowest BCUT2D eigenvalue weighted by Crippen LogP contribution is -2.63. The van der Waals surface area contributed by atoms with Crippen LogP contribution in [0.1, 0.15) is 20.3 Å². The van der Waals surface area contributed by atoms with Crippen LogP contribution in [0.15, 0.2) is 0 Å². The molecule has 1 aliphatic heterocycles. The van der Waals surface area contributed by atoms with E-state index in [9.17, 15) is 18.7 Å². The Kier molecular flexibility index (Phi) is 3.85. The Labute approximate surface area is 93.0 Å². The molecule has 16 heavy (non-hydrogen) atoms. The number of halogens is 2. The topological polar surface area (TPSA) is 58.6 Å². The number of ether oxygens (including phenoxy) is 1. The maximum Gasteiger partial charge on any atom is 0.380 e. The summed E-state index contributed by atoms with van der Waals surface area (Å²) in [6, 6.07) is 0. The summed E-state index contributed by atoms with van der Waals surface area (Å²) < 4.78 is 31.8. The molecule has 0 spiro atoms. The first-order valence-corrected chi connectivity index (χ1v) is 5.34. The van der Waals surface area contributed by atoms with Crippen molar-refractivity contribution < 1.29 is 23.4 Å². The molecule has 0 saturated carbocycles. The minimum absolute atomic E-state index is 0.128. The molecule has 1 saturated heterocycles. The Bertz CT molecular complexity index is 273. The SMILES string of the molecule is CCOC(=O)C(F)(F)C1(O)CCNCC1C. The zero-order valence-corrected chi connectivity index (χ0v) is 9.43. The van der Waals surface area contributed by atoms with Gasteiger partial charge in [-0.05, 0) is 19.9 Å².